The van der Waals surface area contributed by atoms with Gasteiger partial charge in [0, 0.05) is 48.9 Å². The Morgan fingerprint density at radius 2 is 1.74 bits per heavy atom. The van der Waals surface area contributed by atoms with E-state index in [9.17, 15) is 18.0 Å². The fraction of sp³-hybridized carbons (Fsp3) is 0.409. The number of amides is 1. The largest absolute Gasteiger partial charge is 0.496 e. The number of carbonyl (C=O) groups is 1. The number of methoxy groups -OCH3 is 1. The molecule has 2 aromatic rings. The fourth-order valence-corrected chi connectivity index (χ4v) is 3.63. The van der Waals surface area contributed by atoms with Gasteiger partial charge in [-0.05, 0) is 35.9 Å². The van der Waals surface area contributed by atoms with Gasteiger partial charge in [0.2, 0.25) is 0 Å². The van der Waals surface area contributed by atoms with Crippen molar-refractivity contribution < 1.29 is 27.4 Å². The van der Waals surface area contributed by atoms with Crippen molar-refractivity contribution in [2.75, 3.05) is 39.9 Å². The minimum atomic E-state index is -4.35. The molecule has 0 atom stereocenters. The van der Waals surface area contributed by atoms with Crippen molar-refractivity contribution in [3.05, 3.63) is 64.2 Å². The summed E-state index contributed by atoms with van der Waals surface area (Å²) < 4.78 is 46.5. The van der Waals surface area contributed by atoms with Crippen LogP contribution < -0.4 is 4.74 Å². The number of piperazine rings is 1. The number of carbonyl (C=O) groups excluding carboxylic acids is 1. The van der Waals surface area contributed by atoms with Crippen molar-refractivity contribution in [2.24, 2.45) is 0 Å². The van der Waals surface area contributed by atoms with Crippen molar-refractivity contribution in [1.29, 1.82) is 0 Å². The summed E-state index contributed by atoms with van der Waals surface area (Å²) in [6.45, 7) is 1.82. The van der Waals surface area contributed by atoms with Gasteiger partial charge in [-0.3, -0.25) is 9.69 Å². The van der Waals surface area contributed by atoms with E-state index in [2.05, 4.69) is 9.64 Å². The lowest BCUT2D eigenvalue weighted by Crippen LogP contribution is -2.48. The number of benzene rings is 2. The molecule has 0 aromatic heterocycles. The maximum Gasteiger partial charge on any atom is 0.411 e. The molecule has 9 heteroatoms. The van der Waals surface area contributed by atoms with E-state index in [0.29, 0.717) is 48.9 Å². The minimum Gasteiger partial charge on any atom is -0.496 e. The monoisotopic (exact) mass is 456 g/mol. The first-order valence-corrected chi connectivity index (χ1v) is 10.2. The summed E-state index contributed by atoms with van der Waals surface area (Å²) in [6.07, 6.45) is -4.35. The van der Waals surface area contributed by atoms with Crippen molar-refractivity contribution >= 4 is 17.5 Å². The van der Waals surface area contributed by atoms with Crippen LogP contribution >= 0.6 is 11.6 Å². The van der Waals surface area contributed by atoms with Crippen molar-refractivity contribution in [3.8, 4) is 5.75 Å². The van der Waals surface area contributed by atoms with Crippen LogP contribution in [0.1, 0.15) is 21.5 Å². The Bertz CT molecular complexity index is 883. The third kappa shape index (κ3) is 6.85. The van der Waals surface area contributed by atoms with E-state index in [4.69, 9.17) is 16.3 Å². The molecule has 31 heavy (non-hydrogen) atoms. The van der Waals surface area contributed by atoms with Crippen molar-refractivity contribution in [2.45, 2.75) is 19.3 Å². The molecule has 0 radical (unpaired) electrons. The molecule has 0 bridgehead atoms. The third-order valence-corrected chi connectivity index (χ3v) is 5.27. The molecule has 0 aliphatic carbocycles. The average Bonchev–Trinajstić information content (AvgIpc) is 2.74. The quantitative estimate of drug-likeness (QED) is 0.620. The Hall–Kier alpha value is -2.29. The SMILES string of the molecule is COc1ccc(Cl)cc1CN1CCN(C(=O)c2ccc(COCC(F)(F)F)cc2)CC1. The van der Waals surface area contributed by atoms with Crippen LogP contribution in [0.4, 0.5) is 13.2 Å². The van der Waals surface area contributed by atoms with Crippen LogP contribution in [0.25, 0.3) is 0 Å². The molecule has 1 fully saturated rings. The smallest absolute Gasteiger partial charge is 0.411 e. The lowest BCUT2D eigenvalue weighted by Gasteiger charge is -2.35. The van der Waals surface area contributed by atoms with E-state index in [-0.39, 0.29) is 12.5 Å². The van der Waals surface area contributed by atoms with Gasteiger partial charge in [-0.1, -0.05) is 23.7 Å². The first-order valence-electron chi connectivity index (χ1n) is 9.82. The molecule has 1 aliphatic heterocycles. The number of hydrogen-bond donors (Lipinski definition) is 0. The Morgan fingerprint density at radius 1 is 1.06 bits per heavy atom. The second kappa shape index (κ2) is 10.3. The Balaban J connectivity index is 1.50. The Labute approximate surface area is 184 Å². The summed E-state index contributed by atoms with van der Waals surface area (Å²) >= 11 is 6.10. The van der Waals surface area contributed by atoms with Gasteiger partial charge in [-0.25, -0.2) is 0 Å². The van der Waals surface area contributed by atoms with Gasteiger partial charge in [0.1, 0.15) is 12.4 Å². The second-order valence-corrected chi connectivity index (χ2v) is 7.77. The number of nitrogens with zero attached hydrogens (tertiary/aromatic N) is 2. The molecule has 3 rings (SSSR count). The van der Waals surface area contributed by atoms with Gasteiger partial charge >= 0.3 is 6.18 Å². The molecule has 1 amide bonds. The average molecular weight is 457 g/mol. The summed E-state index contributed by atoms with van der Waals surface area (Å²) in [5.41, 5.74) is 2.09. The van der Waals surface area contributed by atoms with Crippen LogP contribution in [-0.4, -0.2) is 61.8 Å². The molecular weight excluding hydrogens is 433 g/mol. The molecule has 1 aliphatic rings. The fourth-order valence-electron chi connectivity index (χ4n) is 3.43. The highest BCUT2D eigenvalue weighted by Gasteiger charge is 2.27. The predicted molar refractivity (Wildman–Crippen MR) is 111 cm³/mol. The zero-order valence-electron chi connectivity index (χ0n) is 17.1. The third-order valence-electron chi connectivity index (χ3n) is 5.03. The van der Waals surface area contributed by atoms with E-state index >= 15 is 0 Å². The summed E-state index contributed by atoms with van der Waals surface area (Å²) in [5, 5.41) is 0.650. The van der Waals surface area contributed by atoms with E-state index in [1.165, 1.54) is 0 Å². The molecule has 1 heterocycles. The first-order chi connectivity index (χ1) is 14.7. The highest BCUT2D eigenvalue weighted by atomic mass is 35.5. The molecule has 0 spiro atoms. The van der Waals surface area contributed by atoms with E-state index in [1.54, 1.807) is 42.3 Å². The first kappa shape index (κ1) is 23.4. The molecule has 168 valence electrons. The van der Waals surface area contributed by atoms with E-state index in [1.807, 2.05) is 12.1 Å². The molecular formula is C22H24ClF3N2O3. The highest BCUT2D eigenvalue weighted by molar-refractivity contribution is 6.30. The lowest BCUT2D eigenvalue weighted by atomic mass is 10.1. The second-order valence-electron chi connectivity index (χ2n) is 7.33. The van der Waals surface area contributed by atoms with Crippen molar-refractivity contribution in [1.82, 2.24) is 9.80 Å². The number of alkyl halides is 3. The maximum absolute atomic E-state index is 12.8. The minimum absolute atomic E-state index is 0.0947. The van der Waals surface area contributed by atoms with Gasteiger partial charge in [0.05, 0.1) is 13.7 Å². The van der Waals surface area contributed by atoms with Crippen LogP contribution in [0.15, 0.2) is 42.5 Å². The zero-order chi connectivity index (χ0) is 22.4. The van der Waals surface area contributed by atoms with Crippen LogP contribution in [0, 0.1) is 0 Å². The number of halogens is 4. The summed E-state index contributed by atoms with van der Waals surface area (Å²) in [7, 11) is 1.62. The van der Waals surface area contributed by atoms with E-state index < -0.39 is 12.8 Å². The molecule has 1 saturated heterocycles. The normalized spacial score (nSPS) is 15.2. The van der Waals surface area contributed by atoms with Gasteiger partial charge in [0.15, 0.2) is 0 Å². The van der Waals surface area contributed by atoms with Crippen LogP contribution in [0.3, 0.4) is 0 Å². The molecule has 2 aromatic carbocycles. The summed E-state index contributed by atoms with van der Waals surface area (Å²) in [4.78, 5) is 16.8. The maximum atomic E-state index is 12.8. The standard InChI is InChI=1S/C22H24ClF3N2O3/c1-30-20-7-6-19(23)12-18(20)13-27-8-10-28(11-9-27)21(29)17-4-2-16(3-5-17)14-31-15-22(24,25)26/h2-7,12H,8-11,13-15H2,1H3. The zero-order valence-corrected chi connectivity index (χ0v) is 17.9. The van der Waals surface area contributed by atoms with Gasteiger partial charge in [-0.15, -0.1) is 0 Å². The van der Waals surface area contributed by atoms with Crippen molar-refractivity contribution in [3.63, 3.8) is 0 Å². The van der Waals surface area contributed by atoms with Gasteiger partial charge < -0.3 is 14.4 Å². The molecule has 0 N–H and O–H groups in total. The van der Waals surface area contributed by atoms with Crippen LogP contribution in [0.5, 0.6) is 5.75 Å². The molecule has 5 nitrogen and oxygen atoms in total. The number of rotatable bonds is 7. The summed E-state index contributed by atoms with van der Waals surface area (Å²) in [5.74, 6) is 0.685. The van der Waals surface area contributed by atoms with Gasteiger partial charge in [-0.2, -0.15) is 13.2 Å². The lowest BCUT2D eigenvalue weighted by molar-refractivity contribution is -0.176. The topological polar surface area (TPSA) is 42.0 Å². The Kier molecular flexibility index (Phi) is 7.80. The molecule has 0 unspecified atom stereocenters. The predicted octanol–water partition coefficient (Wildman–Crippen LogP) is 4.39. The molecule has 0 saturated carbocycles. The van der Waals surface area contributed by atoms with Gasteiger partial charge in [0.25, 0.3) is 5.91 Å². The highest BCUT2D eigenvalue weighted by Crippen LogP contribution is 2.24. The van der Waals surface area contributed by atoms with E-state index in [0.717, 1.165) is 11.3 Å². The summed E-state index contributed by atoms with van der Waals surface area (Å²) in [6, 6.07) is 12.0. The number of ether oxygens (including phenoxy) is 2. The van der Waals surface area contributed by atoms with Crippen LogP contribution in [0.2, 0.25) is 5.02 Å². The van der Waals surface area contributed by atoms with Crippen LogP contribution in [-0.2, 0) is 17.9 Å². The number of hydrogen-bond acceptors (Lipinski definition) is 4. The Morgan fingerprint density at radius 3 is 2.35 bits per heavy atom.